The summed E-state index contributed by atoms with van der Waals surface area (Å²) in [5.41, 5.74) is 0. The summed E-state index contributed by atoms with van der Waals surface area (Å²) in [7, 11) is 0. The van der Waals surface area contributed by atoms with Crippen molar-refractivity contribution in [3.05, 3.63) is 12.2 Å². The molecule has 0 atom stereocenters. The summed E-state index contributed by atoms with van der Waals surface area (Å²) in [5.74, 6) is 0. The molecular weight excluding hydrogens is 127 g/mol. The zero-order chi connectivity index (χ0) is 4.83. The summed E-state index contributed by atoms with van der Waals surface area (Å²) >= 11 is 0. The van der Waals surface area contributed by atoms with Gasteiger partial charge in [-0.05, 0) is 6.42 Å². The van der Waals surface area contributed by atoms with E-state index in [1.807, 2.05) is 6.92 Å². The molecule has 0 fully saturated rings. The second kappa shape index (κ2) is 9.56. The topological polar surface area (TPSA) is 20.2 Å². The molecule has 0 unspecified atom stereocenters. The summed E-state index contributed by atoms with van der Waals surface area (Å²) in [6.07, 6.45) is 5.32. The van der Waals surface area contributed by atoms with Crippen molar-refractivity contribution in [1.82, 2.24) is 0 Å². The van der Waals surface area contributed by atoms with Crippen LogP contribution in [-0.2, 0) is 18.6 Å². The number of hydrogen-bond donors (Lipinski definition) is 1. The van der Waals surface area contributed by atoms with Gasteiger partial charge >= 0.3 is 0 Å². The van der Waals surface area contributed by atoms with Crippen molar-refractivity contribution in [2.24, 2.45) is 0 Å². The van der Waals surface area contributed by atoms with Gasteiger partial charge in [-0.2, -0.15) is 6.92 Å². The molecule has 0 aliphatic carbocycles. The van der Waals surface area contributed by atoms with E-state index < -0.39 is 0 Å². The van der Waals surface area contributed by atoms with E-state index in [0.717, 1.165) is 6.42 Å². The van der Waals surface area contributed by atoms with Gasteiger partial charge in [0.05, 0.1) is 0 Å². The average molecular weight is 136 g/mol. The molecule has 41 valence electrons. The van der Waals surface area contributed by atoms with Gasteiger partial charge in [-0.3, -0.25) is 6.08 Å². The van der Waals surface area contributed by atoms with Crippen LogP contribution in [0, 0.1) is 6.08 Å². The van der Waals surface area contributed by atoms with Crippen LogP contribution in [0.25, 0.3) is 0 Å². The fourth-order valence-electron chi connectivity index (χ4n) is 0.209. The molecule has 0 bridgehead atoms. The van der Waals surface area contributed by atoms with Gasteiger partial charge in [0.25, 0.3) is 0 Å². The van der Waals surface area contributed by atoms with Crippen LogP contribution in [0.1, 0.15) is 13.3 Å². The van der Waals surface area contributed by atoms with Crippen LogP contribution in [-0.4, -0.2) is 11.7 Å². The van der Waals surface area contributed by atoms with Crippen LogP contribution in [0.5, 0.6) is 0 Å². The molecule has 0 amide bonds. The molecule has 0 aromatic heterocycles. The summed E-state index contributed by atoms with van der Waals surface area (Å²) in [6, 6.07) is 0. The van der Waals surface area contributed by atoms with Gasteiger partial charge < -0.3 is 11.2 Å². The maximum absolute atomic E-state index is 8.13. The summed E-state index contributed by atoms with van der Waals surface area (Å²) in [6.45, 7) is 2.05. The number of aliphatic hydroxyl groups is 1. The maximum Gasteiger partial charge on any atom is 0.0438 e. The third-order valence-electron chi connectivity index (χ3n) is 0.478. The van der Waals surface area contributed by atoms with Crippen molar-refractivity contribution in [3.63, 3.8) is 0 Å². The Bertz CT molecular complexity index is 43.3. The molecule has 1 nitrogen and oxygen atoms in total. The van der Waals surface area contributed by atoms with E-state index >= 15 is 0 Å². The molecule has 0 saturated heterocycles. The van der Waals surface area contributed by atoms with Crippen molar-refractivity contribution in [1.29, 1.82) is 0 Å². The molecule has 1 N–H and O–H groups in total. The summed E-state index contributed by atoms with van der Waals surface area (Å²) in [5, 5.41) is 8.13. The standard InChI is InChI=1S/C5H9O.V/c1-2-3-4-5-6;/h3,6H,4-5H2,1H3;/q-1;. The monoisotopic (exact) mass is 136 g/mol. The number of allylic oxidation sites excluding steroid dienone is 1. The Labute approximate surface area is 56.3 Å². The van der Waals surface area contributed by atoms with Gasteiger partial charge in [0.1, 0.15) is 0 Å². The second-order valence-corrected chi connectivity index (χ2v) is 1.01. The Kier molecular flexibility index (Phi) is 14.1. The van der Waals surface area contributed by atoms with Crippen LogP contribution in [0.2, 0.25) is 0 Å². The van der Waals surface area contributed by atoms with Crippen molar-refractivity contribution in [2.75, 3.05) is 6.61 Å². The van der Waals surface area contributed by atoms with E-state index in [0.29, 0.717) is 0 Å². The maximum atomic E-state index is 8.13. The second-order valence-electron chi connectivity index (χ2n) is 1.01. The number of hydrogen-bond acceptors (Lipinski definition) is 1. The van der Waals surface area contributed by atoms with Gasteiger partial charge in [-0.25, -0.2) is 0 Å². The fourth-order valence-corrected chi connectivity index (χ4v) is 0.209. The van der Waals surface area contributed by atoms with Gasteiger partial charge in [-0.1, -0.05) is 0 Å². The van der Waals surface area contributed by atoms with Crippen LogP contribution < -0.4 is 0 Å². The van der Waals surface area contributed by atoms with Crippen molar-refractivity contribution in [3.8, 4) is 0 Å². The van der Waals surface area contributed by atoms with E-state index in [2.05, 4.69) is 6.08 Å². The first-order valence-electron chi connectivity index (χ1n) is 2.01. The Morgan fingerprint density at radius 1 is 1.71 bits per heavy atom. The molecule has 1 radical (unpaired) electrons. The quantitative estimate of drug-likeness (QED) is 0.555. The van der Waals surface area contributed by atoms with Gasteiger partial charge in [-0.15, -0.1) is 0 Å². The molecule has 0 spiro atoms. The fraction of sp³-hybridized carbons (Fsp3) is 0.600. The molecule has 0 saturated carbocycles. The molecule has 0 aliphatic rings. The van der Waals surface area contributed by atoms with E-state index in [1.54, 1.807) is 6.08 Å². The first kappa shape index (κ1) is 10.3. The molecule has 7 heavy (non-hydrogen) atoms. The van der Waals surface area contributed by atoms with Crippen LogP contribution in [0.15, 0.2) is 6.08 Å². The van der Waals surface area contributed by atoms with E-state index in [9.17, 15) is 0 Å². The van der Waals surface area contributed by atoms with E-state index in [4.69, 9.17) is 5.11 Å². The van der Waals surface area contributed by atoms with Gasteiger partial charge in [0.15, 0.2) is 0 Å². The van der Waals surface area contributed by atoms with Crippen LogP contribution in [0.3, 0.4) is 0 Å². The molecule has 0 aromatic rings. The third kappa shape index (κ3) is 10.7. The van der Waals surface area contributed by atoms with Gasteiger partial charge in [0, 0.05) is 25.2 Å². The smallest absolute Gasteiger partial charge is 0.0438 e. The molecule has 0 aliphatic heterocycles. The third-order valence-corrected chi connectivity index (χ3v) is 0.478. The van der Waals surface area contributed by atoms with Crippen molar-refractivity contribution >= 4 is 0 Å². The van der Waals surface area contributed by atoms with Crippen LogP contribution >= 0.6 is 0 Å². The Morgan fingerprint density at radius 3 is 2.43 bits per heavy atom. The SMILES string of the molecule is C[C-]=CCCO.[V]. The number of aliphatic hydroxyl groups excluding tert-OH is 1. The van der Waals surface area contributed by atoms with Crippen LogP contribution in [0.4, 0.5) is 0 Å². The normalized spacial score (nSPS) is 8.86. The average Bonchev–Trinajstić information content (AvgIpc) is 1.61. The molecule has 0 rings (SSSR count). The Balaban J connectivity index is 0. The largest absolute Gasteiger partial charge is 0.504 e. The Hall–Kier alpha value is 0.284. The zero-order valence-corrected chi connectivity index (χ0v) is 5.78. The van der Waals surface area contributed by atoms with Gasteiger partial charge in [0.2, 0.25) is 0 Å². The first-order valence-corrected chi connectivity index (χ1v) is 2.01. The first-order chi connectivity index (χ1) is 2.91. The van der Waals surface area contributed by atoms with Crippen molar-refractivity contribution in [2.45, 2.75) is 13.3 Å². The predicted octanol–water partition coefficient (Wildman–Crippen LogP) is 0.746. The van der Waals surface area contributed by atoms with Crippen molar-refractivity contribution < 1.29 is 23.7 Å². The zero-order valence-electron chi connectivity index (χ0n) is 4.39. The Morgan fingerprint density at radius 2 is 2.29 bits per heavy atom. The summed E-state index contributed by atoms with van der Waals surface area (Å²) in [4.78, 5) is 0. The van der Waals surface area contributed by atoms with E-state index in [1.165, 1.54) is 0 Å². The summed E-state index contributed by atoms with van der Waals surface area (Å²) < 4.78 is 0. The number of rotatable bonds is 2. The minimum absolute atomic E-state index is 0. The predicted molar refractivity (Wildman–Crippen MR) is 25.2 cm³/mol. The minimum Gasteiger partial charge on any atom is -0.504 e. The minimum atomic E-state index is 0. The molecular formula is C5H9OV-. The molecule has 0 heterocycles. The molecule has 2 heteroatoms. The molecule has 0 aromatic carbocycles. The van der Waals surface area contributed by atoms with E-state index in [-0.39, 0.29) is 25.2 Å².